The SMILES string of the molecule is C=C(/C=C\c1c(C)c2ccccc2n1C1=Cc2cccc3c2C(C1)C1C=CC=CC31)C1=c2sc3ccccc3c2=CCC=C1. The molecule has 0 aliphatic heterocycles. The van der Waals surface area contributed by atoms with E-state index in [0.717, 1.165) is 18.4 Å². The van der Waals surface area contributed by atoms with E-state index in [4.69, 9.17) is 0 Å². The van der Waals surface area contributed by atoms with Crippen LogP contribution in [0, 0.1) is 12.8 Å². The lowest BCUT2D eigenvalue weighted by Crippen LogP contribution is -2.20. The molecule has 1 nitrogen and oxygen atoms in total. The van der Waals surface area contributed by atoms with Crippen molar-refractivity contribution in [3.05, 3.63) is 159 Å². The summed E-state index contributed by atoms with van der Waals surface area (Å²) in [6.07, 6.45) is 25.2. The average molecular weight is 584 g/mol. The minimum absolute atomic E-state index is 0.485. The Kier molecular flexibility index (Phi) is 5.83. The largest absolute Gasteiger partial charge is 0.313 e. The molecule has 0 amide bonds. The van der Waals surface area contributed by atoms with E-state index in [2.05, 4.69) is 146 Å². The molecule has 0 radical (unpaired) electrons. The van der Waals surface area contributed by atoms with E-state index in [-0.39, 0.29) is 0 Å². The van der Waals surface area contributed by atoms with Gasteiger partial charge in [0.1, 0.15) is 0 Å². The van der Waals surface area contributed by atoms with Gasteiger partial charge in [-0.3, -0.25) is 0 Å². The first-order chi connectivity index (χ1) is 21.7. The van der Waals surface area contributed by atoms with E-state index in [1.807, 2.05) is 11.3 Å². The summed E-state index contributed by atoms with van der Waals surface area (Å²) in [6, 6.07) is 24.6. The monoisotopic (exact) mass is 583 g/mol. The molecular weight excluding hydrogens is 551 g/mol. The Morgan fingerprint density at radius 2 is 1.80 bits per heavy atom. The number of rotatable bonds is 4. The molecule has 0 fully saturated rings. The maximum absolute atomic E-state index is 4.62. The summed E-state index contributed by atoms with van der Waals surface area (Å²) >= 11 is 1.88. The average Bonchev–Trinajstić information content (AvgIpc) is 3.62. The molecule has 9 rings (SSSR count). The number of aryl methyl sites for hydroxylation is 1. The smallest absolute Gasteiger partial charge is 0.0534 e. The predicted molar refractivity (Wildman–Crippen MR) is 190 cm³/mol. The summed E-state index contributed by atoms with van der Waals surface area (Å²) < 4.78 is 5.19. The Morgan fingerprint density at radius 3 is 2.73 bits per heavy atom. The van der Waals surface area contributed by atoms with Crippen molar-refractivity contribution < 1.29 is 0 Å². The molecule has 44 heavy (non-hydrogen) atoms. The van der Waals surface area contributed by atoms with Crippen LogP contribution in [0.3, 0.4) is 0 Å². The van der Waals surface area contributed by atoms with E-state index >= 15 is 0 Å². The minimum Gasteiger partial charge on any atom is -0.313 e. The van der Waals surface area contributed by atoms with E-state index in [1.54, 1.807) is 5.56 Å². The van der Waals surface area contributed by atoms with Gasteiger partial charge in [-0.1, -0.05) is 110 Å². The molecule has 3 aromatic carbocycles. The van der Waals surface area contributed by atoms with Crippen LogP contribution in [0.25, 0.3) is 50.5 Å². The number of nitrogens with zero attached hydrogens (tertiary/aromatic N) is 1. The molecule has 3 atom stereocenters. The zero-order valence-corrected chi connectivity index (χ0v) is 25.6. The highest BCUT2D eigenvalue weighted by atomic mass is 32.1. The zero-order valence-electron chi connectivity index (χ0n) is 24.8. The molecule has 3 unspecified atom stereocenters. The lowest BCUT2D eigenvalue weighted by molar-refractivity contribution is 0.513. The van der Waals surface area contributed by atoms with E-state index < -0.39 is 0 Å². The van der Waals surface area contributed by atoms with Gasteiger partial charge in [-0.2, -0.15) is 0 Å². The van der Waals surface area contributed by atoms with E-state index in [1.165, 1.54) is 64.4 Å². The number of fused-ring (bicyclic) bond motifs is 7. The van der Waals surface area contributed by atoms with Gasteiger partial charge in [0, 0.05) is 37.3 Å². The summed E-state index contributed by atoms with van der Waals surface area (Å²) in [6.45, 7) is 6.89. The maximum Gasteiger partial charge on any atom is 0.0534 e. The van der Waals surface area contributed by atoms with Crippen LogP contribution >= 0.6 is 11.3 Å². The summed E-state index contributed by atoms with van der Waals surface area (Å²) in [5, 5.41) is 4.00. The number of allylic oxidation sites excluding steroid dienone is 9. The van der Waals surface area contributed by atoms with Crippen LogP contribution < -0.4 is 9.75 Å². The molecule has 4 aliphatic carbocycles. The van der Waals surface area contributed by atoms with Crippen molar-refractivity contribution in [1.82, 2.24) is 4.57 Å². The van der Waals surface area contributed by atoms with Gasteiger partial charge in [-0.25, -0.2) is 0 Å². The van der Waals surface area contributed by atoms with Gasteiger partial charge in [-0.15, -0.1) is 11.3 Å². The third kappa shape index (κ3) is 3.77. The lowest BCUT2D eigenvalue weighted by atomic mass is 9.79. The van der Waals surface area contributed by atoms with Crippen LogP contribution in [0.4, 0.5) is 0 Å². The van der Waals surface area contributed by atoms with E-state index in [0.29, 0.717) is 17.8 Å². The Bertz CT molecular complexity index is 2330. The van der Waals surface area contributed by atoms with Crippen LogP contribution in [0.15, 0.2) is 121 Å². The van der Waals surface area contributed by atoms with Crippen LogP contribution in [-0.2, 0) is 0 Å². The minimum atomic E-state index is 0.485. The molecular formula is C42H33NS. The zero-order chi connectivity index (χ0) is 29.4. The van der Waals surface area contributed by atoms with Crippen LogP contribution in [0.5, 0.6) is 0 Å². The molecule has 2 aromatic heterocycles. The van der Waals surface area contributed by atoms with Crippen molar-refractivity contribution in [2.24, 2.45) is 5.92 Å². The summed E-state index contributed by atoms with van der Waals surface area (Å²) in [7, 11) is 0. The van der Waals surface area contributed by atoms with E-state index in [9.17, 15) is 0 Å². The van der Waals surface area contributed by atoms with Gasteiger partial charge in [0.25, 0.3) is 0 Å². The second-order valence-electron chi connectivity index (χ2n) is 12.5. The first-order valence-corrected chi connectivity index (χ1v) is 16.5. The topological polar surface area (TPSA) is 4.93 Å². The van der Waals surface area contributed by atoms with Gasteiger partial charge in [-0.05, 0) is 94.5 Å². The fourth-order valence-electron chi connectivity index (χ4n) is 8.18. The van der Waals surface area contributed by atoms with Crippen LogP contribution in [-0.4, -0.2) is 4.57 Å². The van der Waals surface area contributed by atoms with Crippen molar-refractivity contribution in [3.8, 4) is 0 Å². The molecule has 0 saturated heterocycles. The first kappa shape index (κ1) is 25.8. The first-order valence-electron chi connectivity index (χ1n) is 15.7. The van der Waals surface area contributed by atoms with Gasteiger partial charge >= 0.3 is 0 Å². The molecule has 2 heteroatoms. The van der Waals surface area contributed by atoms with Gasteiger partial charge < -0.3 is 4.57 Å². The van der Waals surface area contributed by atoms with Gasteiger partial charge in [0.2, 0.25) is 0 Å². The summed E-state index contributed by atoms with van der Waals surface area (Å²) in [5.74, 6) is 1.50. The summed E-state index contributed by atoms with van der Waals surface area (Å²) in [4.78, 5) is 0. The Balaban J connectivity index is 1.19. The number of thiophene rings is 1. The fraction of sp³-hybridized carbons (Fsp3) is 0.143. The second-order valence-corrected chi connectivity index (χ2v) is 13.5. The number of aromatic nitrogens is 1. The third-order valence-corrected chi connectivity index (χ3v) is 11.4. The molecule has 5 aromatic rings. The molecule has 0 bridgehead atoms. The molecule has 0 N–H and O–H groups in total. The second kappa shape index (κ2) is 9.94. The molecule has 0 saturated carbocycles. The Morgan fingerprint density at radius 1 is 0.955 bits per heavy atom. The highest BCUT2D eigenvalue weighted by Crippen LogP contribution is 2.56. The standard InChI is InChI=1S/C42H33NS/c1-26(30-13-3-6-18-36-34-17-8-10-21-40(34)44-42(30)36)22-23-38-27(2)31-14-7-9-20-39(31)43(38)29-24-28-12-11-19-35-32-15-4-5-16-33(32)37(25-29)41(28)35/h3-5,7-24,32-33,37H,1,6,25H2,2H3/b23-22-. The molecule has 0 spiro atoms. The highest BCUT2D eigenvalue weighted by molar-refractivity contribution is 7.17. The van der Waals surface area contributed by atoms with Crippen LogP contribution in [0.2, 0.25) is 0 Å². The Hall–Kier alpha value is -4.66. The van der Waals surface area contributed by atoms with Crippen LogP contribution in [0.1, 0.15) is 52.6 Å². The van der Waals surface area contributed by atoms with Crippen molar-refractivity contribution in [1.29, 1.82) is 0 Å². The third-order valence-electron chi connectivity index (χ3n) is 10.2. The molecule has 212 valence electrons. The quantitative estimate of drug-likeness (QED) is 0.186. The molecule has 4 aliphatic rings. The van der Waals surface area contributed by atoms with Gasteiger partial charge in [0.05, 0.1) is 5.52 Å². The highest BCUT2D eigenvalue weighted by Gasteiger charge is 2.42. The fourth-order valence-corrected chi connectivity index (χ4v) is 9.45. The van der Waals surface area contributed by atoms with Gasteiger partial charge in [0.15, 0.2) is 0 Å². The lowest BCUT2D eigenvalue weighted by Gasteiger charge is -2.28. The van der Waals surface area contributed by atoms with Crippen molar-refractivity contribution in [2.75, 3.05) is 0 Å². The molecule has 2 heterocycles. The number of benzene rings is 3. The van der Waals surface area contributed by atoms with Crippen molar-refractivity contribution >= 4 is 61.8 Å². The number of para-hydroxylation sites is 1. The van der Waals surface area contributed by atoms with Crippen molar-refractivity contribution in [2.45, 2.75) is 31.6 Å². The summed E-state index contributed by atoms with van der Waals surface area (Å²) in [5.41, 5.74) is 11.9. The Labute approximate surface area is 262 Å². The number of hydrogen-bond acceptors (Lipinski definition) is 1. The predicted octanol–water partition coefficient (Wildman–Crippen LogP) is 9.65. The maximum atomic E-state index is 4.62. The number of hydrogen-bond donors (Lipinski definition) is 0. The normalized spacial score (nSPS) is 21.3. The van der Waals surface area contributed by atoms with Crippen molar-refractivity contribution in [3.63, 3.8) is 0 Å².